The van der Waals surface area contributed by atoms with Gasteiger partial charge in [-0.15, -0.1) is 13.2 Å². The lowest BCUT2D eigenvalue weighted by atomic mass is 10.1. The number of anilines is 3. The summed E-state index contributed by atoms with van der Waals surface area (Å²) in [5.74, 6) is 1.05. The first-order valence-corrected chi connectivity index (χ1v) is 10.0. The Morgan fingerprint density at radius 2 is 1.81 bits per heavy atom. The Bertz CT molecular complexity index is 870. The third-order valence-corrected chi connectivity index (χ3v) is 4.56. The highest BCUT2D eigenvalue weighted by Gasteiger charge is 2.30. The Balaban J connectivity index is 1.42. The first-order valence-electron chi connectivity index (χ1n) is 10.0. The van der Waals surface area contributed by atoms with E-state index >= 15 is 0 Å². The number of halogens is 3. The molecule has 31 heavy (non-hydrogen) atoms. The van der Waals surface area contributed by atoms with Gasteiger partial charge in [-0.05, 0) is 50.5 Å². The molecule has 1 aliphatic rings. The monoisotopic (exact) mass is 438 g/mol. The lowest BCUT2D eigenvalue weighted by Crippen LogP contribution is -2.33. The Morgan fingerprint density at radius 1 is 1.10 bits per heavy atom. The Hall–Kier alpha value is -3.24. The van der Waals surface area contributed by atoms with Crippen LogP contribution in [0.15, 0.2) is 30.3 Å². The largest absolute Gasteiger partial charge is 0.573 e. The molecule has 0 spiro atoms. The van der Waals surface area contributed by atoms with Gasteiger partial charge < -0.3 is 25.6 Å². The van der Waals surface area contributed by atoms with Gasteiger partial charge in [0.05, 0.1) is 0 Å². The van der Waals surface area contributed by atoms with Crippen molar-refractivity contribution < 1.29 is 22.7 Å². The number of carbonyl (C=O) groups is 1. The fourth-order valence-electron chi connectivity index (χ4n) is 3.18. The second-order valence-electron chi connectivity index (χ2n) is 7.12. The average molecular weight is 438 g/mol. The maximum atomic E-state index is 12.2. The molecule has 0 bridgehead atoms. The summed E-state index contributed by atoms with van der Waals surface area (Å²) in [6.45, 7) is 4.60. The molecule has 2 heterocycles. The highest BCUT2D eigenvalue weighted by atomic mass is 19.4. The summed E-state index contributed by atoms with van der Waals surface area (Å²) >= 11 is 0. The van der Waals surface area contributed by atoms with E-state index in [1.54, 1.807) is 0 Å². The topological polar surface area (TPSA) is 91.4 Å². The molecule has 11 heteroatoms. The third kappa shape index (κ3) is 7.50. The number of rotatable bonds is 7. The minimum absolute atomic E-state index is 0.303. The maximum Gasteiger partial charge on any atom is 0.573 e. The van der Waals surface area contributed by atoms with Gasteiger partial charge in [0.2, 0.25) is 5.95 Å². The Morgan fingerprint density at radius 3 is 2.48 bits per heavy atom. The molecular formula is C20H25F3N6O2. The van der Waals surface area contributed by atoms with Gasteiger partial charge in [-0.2, -0.15) is 4.98 Å². The molecule has 1 fully saturated rings. The van der Waals surface area contributed by atoms with Gasteiger partial charge in [0.15, 0.2) is 0 Å². The van der Waals surface area contributed by atoms with E-state index in [-0.39, 0.29) is 5.75 Å². The molecule has 0 radical (unpaired) electrons. The van der Waals surface area contributed by atoms with E-state index in [0.717, 1.165) is 49.6 Å². The maximum absolute atomic E-state index is 12.2. The zero-order valence-electron chi connectivity index (χ0n) is 17.1. The number of benzene rings is 1. The van der Waals surface area contributed by atoms with Gasteiger partial charge in [0, 0.05) is 43.6 Å². The van der Waals surface area contributed by atoms with Gasteiger partial charge in [0.25, 0.3) is 0 Å². The van der Waals surface area contributed by atoms with Crippen LogP contribution in [0.1, 0.15) is 25.0 Å². The van der Waals surface area contributed by atoms with Crippen LogP contribution < -0.4 is 25.6 Å². The summed E-state index contributed by atoms with van der Waals surface area (Å²) in [6.07, 6.45) is -1.20. The van der Waals surface area contributed by atoms with Crippen LogP contribution >= 0.6 is 0 Å². The molecule has 168 valence electrons. The molecule has 1 aromatic carbocycles. The smallest absolute Gasteiger partial charge is 0.406 e. The van der Waals surface area contributed by atoms with Crippen molar-refractivity contribution in [2.45, 2.75) is 32.5 Å². The quantitative estimate of drug-likeness (QED) is 0.568. The van der Waals surface area contributed by atoms with Crippen molar-refractivity contribution in [3.8, 4) is 5.75 Å². The summed E-state index contributed by atoms with van der Waals surface area (Å²) < 4.78 is 40.3. The van der Waals surface area contributed by atoms with E-state index in [4.69, 9.17) is 0 Å². The molecule has 0 saturated carbocycles. The average Bonchev–Trinajstić information content (AvgIpc) is 2.72. The van der Waals surface area contributed by atoms with Crippen molar-refractivity contribution in [2.75, 3.05) is 41.7 Å². The van der Waals surface area contributed by atoms with Gasteiger partial charge in [0.1, 0.15) is 11.6 Å². The third-order valence-electron chi connectivity index (χ3n) is 4.56. The van der Waals surface area contributed by atoms with Crippen molar-refractivity contribution in [3.63, 3.8) is 0 Å². The number of amides is 2. The van der Waals surface area contributed by atoms with Crippen molar-refractivity contribution in [2.24, 2.45) is 0 Å². The van der Waals surface area contributed by atoms with Gasteiger partial charge in [-0.3, -0.25) is 0 Å². The number of carbonyl (C=O) groups excluding carboxylic acids is 1. The molecule has 2 amide bonds. The lowest BCUT2D eigenvalue weighted by Gasteiger charge is -2.28. The van der Waals surface area contributed by atoms with Gasteiger partial charge >= 0.3 is 12.4 Å². The predicted octanol–water partition coefficient (Wildman–Crippen LogP) is 3.91. The normalized spacial score (nSPS) is 14.1. The number of hydrogen-bond acceptors (Lipinski definition) is 6. The van der Waals surface area contributed by atoms with Gasteiger partial charge in [-0.1, -0.05) is 0 Å². The summed E-state index contributed by atoms with van der Waals surface area (Å²) in [6, 6.07) is 6.38. The van der Waals surface area contributed by atoms with Crippen LogP contribution in [0.4, 0.5) is 35.4 Å². The summed E-state index contributed by atoms with van der Waals surface area (Å²) in [5, 5.41) is 8.30. The number of urea groups is 1. The second kappa shape index (κ2) is 10.2. The van der Waals surface area contributed by atoms with E-state index in [1.165, 1.54) is 18.6 Å². The summed E-state index contributed by atoms with van der Waals surface area (Å²) in [7, 11) is 0. The van der Waals surface area contributed by atoms with Crippen molar-refractivity contribution in [3.05, 3.63) is 36.0 Å². The molecule has 8 nitrogen and oxygen atoms in total. The Labute approximate surface area is 178 Å². The number of ether oxygens (including phenoxy) is 1. The summed E-state index contributed by atoms with van der Waals surface area (Å²) in [5.41, 5.74) is 1.20. The minimum atomic E-state index is -4.76. The van der Waals surface area contributed by atoms with E-state index in [9.17, 15) is 18.0 Å². The standard InChI is InChI=1S/C20H25F3N6O2/c1-14-13-17(29-11-3-2-4-12-29)28-18(26-14)24-9-10-25-19(30)27-15-5-7-16(8-6-15)31-20(21,22)23/h5-8,13H,2-4,9-12H2,1H3,(H,24,26,28)(H2,25,27,30). The lowest BCUT2D eigenvalue weighted by molar-refractivity contribution is -0.274. The number of alkyl halides is 3. The Kier molecular flexibility index (Phi) is 7.37. The zero-order valence-corrected chi connectivity index (χ0v) is 17.1. The molecule has 1 saturated heterocycles. The van der Waals surface area contributed by atoms with Crippen LogP contribution in [0.3, 0.4) is 0 Å². The van der Waals surface area contributed by atoms with E-state index in [2.05, 4.69) is 35.6 Å². The molecule has 3 rings (SSSR count). The first kappa shape index (κ1) is 22.4. The molecule has 1 aliphatic heterocycles. The highest BCUT2D eigenvalue weighted by Crippen LogP contribution is 2.24. The molecule has 0 unspecified atom stereocenters. The van der Waals surface area contributed by atoms with Crippen molar-refractivity contribution >= 4 is 23.5 Å². The van der Waals surface area contributed by atoms with E-state index in [1.807, 2.05) is 13.0 Å². The van der Waals surface area contributed by atoms with Crippen LogP contribution in [0, 0.1) is 6.92 Å². The van der Waals surface area contributed by atoms with Gasteiger partial charge in [-0.25, -0.2) is 9.78 Å². The number of aryl methyl sites for hydroxylation is 1. The fraction of sp³-hybridized carbons (Fsp3) is 0.450. The van der Waals surface area contributed by atoms with Crippen LogP contribution in [-0.2, 0) is 0 Å². The number of hydrogen-bond donors (Lipinski definition) is 3. The number of nitrogens with one attached hydrogen (secondary N) is 3. The molecule has 0 atom stereocenters. The zero-order chi connectivity index (χ0) is 22.3. The SMILES string of the molecule is Cc1cc(N2CCCCC2)nc(NCCNC(=O)Nc2ccc(OC(F)(F)F)cc2)n1. The van der Waals surface area contributed by atoms with Crippen molar-refractivity contribution in [1.29, 1.82) is 0 Å². The second-order valence-corrected chi connectivity index (χ2v) is 7.12. The minimum Gasteiger partial charge on any atom is -0.406 e. The highest BCUT2D eigenvalue weighted by molar-refractivity contribution is 5.89. The molecule has 1 aromatic heterocycles. The number of nitrogens with zero attached hydrogens (tertiary/aromatic N) is 3. The predicted molar refractivity (Wildman–Crippen MR) is 111 cm³/mol. The van der Waals surface area contributed by atoms with Crippen LogP contribution in [0.2, 0.25) is 0 Å². The number of piperidine rings is 1. The van der Waals surface area contributed by atoms with E-state index in [0.29, 0.717) is 24.7 Å². The molecule has 2 aromatic rings. The van der Waals surface area contributed by atoms with Crippen molar-refractivity contribution in [1.82, 2.24) is 15.3 Å². The summed E-state index contributed by atoms with van der Waals surface area (Å²) in [4.78, 5) is 23.1. The fourth-order valence-corrected chi connectivity index (χ4v) is 3.18. The van der Waals surface area contributed by atoms with Crippen LogP contribution in [-0.4, -0.2) is 48.5 Å². The first-order chi connectivity index (χ1) is 14.8. The van der Waals surface area contributed by atoms with Crippen LogP contribution in [0.25, 0.3) is 0 Å². The molecule has 3 N–H and O–H groups in total. The number of aromatic nitrogens is 2. The van der Waals surface area contributed by atoms with E-state index < -0.39 is 12.4 Å². The van der Waals surface area contributed by atoms with Crippen LogP contribution in [0.5, 0.6) is 5.75 Å². The molecular weight excluding hydrogens is 413 g/mol. The molecule has 0 aliphatic carbocycles.